The monoisotopic (exact) mass is 561 g/mol. The van der Waals surface area contributed by atoms with Crippen LogP contribution in [0.1, 0.15) is 54.6 Å². The van der Waals surface area contributed by atoms with Crippen LogP contribution in [0.5, 0.6) is 0 Å². The number of benzene rings is 3. The number of hydrogen-bond donors (Lipinski definition) is 2. The zero-order valence-electron chi connectivity index (χ0n) is 21.1. The molecular weight excluding hydrogens is 534 g/mol. The summed E-state index contributed by atoms with van der Waals surface area (Å²) >= 11 is 3.45. The fourth-order valence-electron chi connectivity index (χ4n) is 4.48. The molecular formula is C30H28BrNO5. The topological polar surface area (TPSA) is 94.9 Å². The Kier molecular flexibility index (Phi) is 7.11. The molecule has 1 atom stereocenters. The summed E-state index contributed by atoms with van der Waals surface area (Å²) in [7, 11) is 0. The molecule has 190 valence electrons. The van der Waals surface area contributed by atoms with Crippen molar-refractivity contribution in [3.05, 3.63) is 105 Å². The largest absolute Gasteiger partial charge is 0.507 e. The Balaban J connectivity index is 1.89. The molecule has 1 amide bonds. The molecule has 0 aliphatic carbocycles. The molecule has 1 saturated heterocycles. The van der Waals surface area contributed by atoms with E-state index in [1.165, 1.54) is 4.90 Å². The van der Waals surface area contributed by atoms with E-state index in [0.717, 1.165) is 15.6 Å². The minimum atomic E-state index is -0.961. The Labute approximate surface area is 224 Å². The van der Waals surface area contributed by atoms with Crippen LogP contribution in [0.2, 0.25) is 0 Å². The highest BCUT2D eigenvalue weighted by Crippen LogP contribution is 2.43. The van der Waals surface area contributed by atoms with Gasteiger partial charge in [0.15, 0.2) is 0 Å². The lowest BCUT2D eigenvalue weighted by Gasteiger charge is -2.27. The maximum atomic E-state index is 13.4. The van der Waals surface area contributed by atoms with Gasteiger partial charge in [-0.2, -0.15) is 0 Å². The van der Waals surface area contributed by atoms with E-state index in [0.29, 0.717) is 22.4 Å². The van der Waals surface area contributed by atoms with Crippen LogP contribution in [0, 0.1) is 6.92 Å². The third-order valence-electron chi connectivity index (χ3n) is 6.54. The van der Waals surface area contributed by atoms with Crippen molar-refractivity contribution >= 4 is 45.0 Å². The first-order chi connectivity index (χ1) is 17.4. The van der Waals surface area contributed by atoms with Gasteiger partial charge < -0.3 is 10.2 Å². The second-order valence-corrected chi connectivity index (χ2v) is 11.1. The zero-order valence-corrected chi connectivity index (χ0v) is 22.7. The molecule has 3 aromatic carbocycles. The second kappa shape index (κ2) is 9.98. The first kappa shape index (κ1) is 26.4. The van der Waals surface area contributed by atoms with Gasteiger partial charge >= 0.3 is 5.97 Å². The maximum Gasteiger partial charge on any atom is 0.307 e. The Bertz CT molecular complexity index is 1420. The number of aryl methyl sites for hydroxylation is 1. The van der Waals surface area contributed by atoms with Gasteiger partial charge in [-0.25, -0.2) is 0 Å². The lowest BCUT2D eigenvalue weighted by atomic mass is 9.85. The van der Waals surface area contributed by atoms with Gasteiger partial charge in [0.05, 0.1) is 18.0 Å². The summed E-state index contributed by atoms with van der Waals surface area (Å²) in [5, 5.41) is 20.4. The number of ketones is 1. The van der Waals surface area contributed by atoms with Gasteiger partial charge in [-0.15, -0.1) is 0 Å². The van der Waals surface area contributed by atoms with E-state index >= 15 is 0 Å². The highest BCUT2D eigenvalue weighted by molar-refractivity contribution is 9.10. The third kappa shape index (κ3) is 5.23. The van der Waals surface area contributed by atoms with Crippen molar-refractivity contribution in [3.8, 4) is 0 Å². The summed E-state index contributed by atoms with van der Waals surface area (Å²) in [5.74, 6) is -2.75. The molecule has 0 spiro atoms. The molecule has 0 bridgehead atoms. The first-order valence-electron chi connectivity index (χ1n) is 11.9. The molecule has 0 saturated carbocycles. The molecule has 3 aromatic rings. The number of halogens is 1. The van der Waals surface area contributed by atoms with Gasteiger partial charge in [0.25, 0.3) is 11.7 Å². The van der Waals surface area contributed by atoms with Crippen LogP contribution in [-0.4, -0.2) is 27.9 Å². The van der Waals surface area contributed by atoms with Gasteiger partial charge in [-0.05, 0) is 58.9 Å². The number of aliphatic hydroxyl groups excluding tert-OH is 1. The smallest absolute Gasteiger partial charge is 0.307 e. The van der Waals surface area contributed by atoms with Crippen molar-refractivity contribution < 1.29 is 24.6 Å². The van der Waals surface area contributed by atoms with Crippen LogP contribution in [0.4, 0.5) is 5.69 Å². The van der Waals surface area contributed by atoms with Crippen molar-refractivity contribution in [1.82, 2.24) is 0 Å². The van der Waals surface area contributed by atoms with Gasteiger partial charge in [0.1, 0.15) is 5.76 Å². The summed E-state index contributed by atoms with van der Waals surface area (Å²) in [6.45, 7) is 8.18. The summed E-state index contributed by atoms with van der Waals surface area (Å²) in [5.41, 5.74) is 4.01. The molecule has 6 nitrogen and oxygen atoms in total. The van der Waals surface area contributed by atoms with Crippen LogP contribution >= 0.6 is 15.9 Å². The molecule has 1 unspecified atom stereocenters. The summed E-state index contributed by atoms with van der Waals surface area (Å²) in [6, 6.07) is 18.6. The molecule has 1 heterocycles. The van der Waals surface area contributed by atoms with Gasteiger partial charge in [-0.3, -0.25) is 19.3 Å². The van der Waals surface area contributed by atoms with Crippen LogP contribution in [0.15, 0.2) is 76.8 Å². The average Bonchev–Trinajstić information content (AvgIpc) is 3.10. The Morgan fingerprint density at radius 1 is 0.946 bits per heavy atom. The number of anilines is 1. The Morgan fingerprint density at radius 2 is 1.57 bits per heavy atom. The number of carbonyl (C=O) groups excluding carboxylic acids is 2. The summed E-state index contributed by atoms with van der Waals surface area (Å²) < 4.78 is 0.861. The standard InChI is InChI=1S/C30H28BrNO5/c1-17-15-20(9-14-23(17)31)27(35)25-26(19-7-10-21(11-8-19)30(2,3)4)32(29(37)28(25)36)22-12-5-18(6-13-22)16-24(33)34/h5-15,26,35H,16H2,1-4H3,(H,33,34)/b27-25-. The molecule has 37 heavy (non-hydrogen) atoms. The predicted molar refractivity (Wildman–Crippen MR) is 147 cm³/mol. The van der Waals surface area contributed by atoms with Gasteiger partial charge in [-0.1, -0.05) is 79.2 Å². The van der Waals surface area contributed by atoms with Crippen molar-refractivity contribution in [3.63, 3.8) is 0 Å². The highest BCUT2D eigenvalue weighted by Gasteiger charge is 2.47. The van der Waals surface area contributed by atoms with E-state index in [9.17, 15) is 19.5 Å². The van der Waals surface area contributed by atoms with Crippen molar-refractivity contribution in [2.45, 2.75) is 45.6 Å². The number of amides is 1. The number of hydrogen-bond acceptors (Lipinski definition) is 4. The number of aliphatic hydroxyl groups is 1. The van der Waals surface area contributed by atoms with Crippen molar-refractivity contribution in [2.24, 2.45) is 0 Å². The minimum absolute atomic E-state index is 0.00448. The molecule has 7 heteroatoms. The Morgan fingerprint density at radius 3 is 2.11 bits per heavy atom. The zero-order chi connectivity index (χ0) is 27.1. The average molecular weight is 562 g/mol. The third-order valence-corrected chi connectivity index (χ3v) is 7.43. The molecule has 0 radical (unpaired) electrons. The molecule has 1 aliphatic heterocycles. The molecule has 1 aliphatic rings. The second-order valence-electron chi connectivity index (χ2n) is 10.2. The van der Waals surface area contributed by atoms with Gasteiger partial charge in [0.2, 0.25) is 0 Å². The van der Waals surface area contributed by atoms with E-state index in [2.05, 4.69) is 36.7 Å². The minimum Gasteiger partial charge on any atom is -0.507 e. The van der Waals surface area contributed by atoms with E-state index in [4.69, 9.17) is 5.11 Å². The number of nitrogens with zero attached hydrogens (tertiary/aromatic N) is 1. The lowest BCUT2D eigenvalue weighted by Crippen LogP contribution is -2.29. The van der Waals surface area contributed by atoms with Crippen molar-refractivity contribution in [1.29, 1.82) is 0 Å². The molecule has 0 aromatic heterocycles. The fourth-order valence-corrected chi connectivity index (χ4v) is 4.72. The maximum absolute atomic E-state index is 13.4. The number of carboxylic acid groups (broad SMARTS) is 1. The van der Waals surface area contributed by atoms with E-state index in [-0.39, 0.29) is 23.2 Å². The van der Waals surface area contributed by atoms with E-state index in [1.54, 1.807) is 42.5 Å². The molecule has 4 rings (SSSR count). The Hall–Kier alpha value is -3.71. The van der Waals surface area contributed by atoms with E-state index in [1.807, 2.05) is 31.2 Å². The molecule has 2 N–H and O–H groups in total. The highest BCUT2D eigenvalue weighted by atomic mass is 79.9. The number of carbonyl (C=O) groups is 3. The first-order valence-corrected chi connectivity index (χ1v) is 12.7. The van der Waals surface area contributed by atoms with Crippen LogP contribution in [-0.2, 0) is 26.2 Å². The predicted octanol–water partition coefficient (Wildman–Crippen LogP) is 6.31. The lowest BCUT2D eigenvalue weighted by molar-refractivity contribution is -0.136. The van der Waals surface area contributed by atoms with Crippen LogP contribution in [0.25, 0.3) is 5.76 Å². The SMILES string of the molecule is Cc1cc(/C(O)=C2/C(=O)C(=O)N(c3ccc(CC(=O)O)cc3)C2c2ccc(C(C)(C)C)cc2)ccc1Br. The number of carboxylic acids is 1. The van der Waals surface area contributed by atoms with Crippen LogP contribution in [0.3, 0.4) is 0 Å². The van der Waals surface area contributed by atoms with Gasteiger partial charge in [0, 0.05) is 15.7 Å². The van der Waals surface area contributed by atoms with E-state index < -0.39 is 23.7 Å². The van der Waals surface area contributed by atoms with Crippen LogP contribution < -0.4 is 4.90 Å². The normalized spacial score (nSPS) is 17.3. The fraction of sp³-hybridized carbons (Fsp3) is 0.233. The van der Waals surface area contributed by atoms with Crippen molar-refractivity contribution in [2.75, 3.05) is 4.90 Å². The quantitative estimate of drug-likeness (QED) is 0.216. The number of aliphatic carboxylic acids is 1. The summed E-state index contributed by atoms with van der Waals surface area (Å²) in [4.78, 5) is 39.2. The summed E-state index contributed by atoms with van der Waals surface area (Å²) in [6.07, 6.45) is -0.153. The number of Topliss-reactive ketones (excluding diaryl/α,β-unsaturated/α-hetero) is 1. The number of rotatable bonds is 5. The molecule has 1 fully saturated rings.